The Morgan fingerprint density at radius 1 is 1.29 bits per heavy atom. The molecule has 3 rings (SSSR count). The number of hydrogen-bond acceptors (Lipinski definition) is 3. The van der Waals surface area contributed by atoms with Gasteiger partial charge in [0, 0.05) is 5.75 Å². The lowest BCUT2D eigenvalue weighted by Gasteiger charge is -2.15. The van der Waals surface area contributed by atoms with Crippen molar-refractivity contribution in [1.82, 2.24) is 5.32 Å². The highest BCUT2D eigenvalue weighted by molar-refractivity contribution is 8.14. The van der Waals surface area contributed by atoms with E-state index in [9.17, 15) is 4.79 Å². The quantitative estimate of drug-likeness (QED) is 0.866. The lowest BCUT2D eigenvalue weighted by molar-refractivity contribution is -0.122. The van der Waals surface area contributed by atoms with Crippen LogP contribution in [0.25, 0.3) is 0 Å². The van der Waals surface area contributed by atoms with Gasteiger partial charge in [-0.25, -0.2) is 0 Å². The third-order valence-corrected chi connectivity index (χ3v) is 4.21. The number of nitrogens with one attached hydrogen (secondary N) is 1. The van der Waals surface area contributed by atoms with Crippen LogP contribution in [0, 0.1) is 0 Å². The molecule has 1 fully saturated rings. The summed E-state index contributed by atoms with van der Waals surface area (Å²) in [5, 5.41) is 3.74. The molecule has 1 aliphatic heterocycles. The predicted molar refractivity (Wildman–Crippen MR) is 70.3 cm³/mol. The van der Waals surface area contributed by atoms with Gasteiger partial charge in [-0.05, 0) is 18.4 Å². The number of amidine groups is 1. The number of rotatable bonds is 2. The fourth-order valence-corrected chi connectivity index (χ4v) is 2.88. The molecule has 0 bridgehead atoms. The van der Waals surface area contributed by atoms with Crippen molar-refractivity contribution in [3.8, 4) is 0 Å². The molecule has 0 unspecified atom stereocenters. The Kier molecular flexibility index (Phi) is 2.67. The van der Waals surface area contributed by atoms with Gasteiger partial charge in [0.2, 0.25) is 5.91 Å². The maximum Gasteiger partial charge on any atom is 0.236 e. The van der Waals surface area contributed by atoms with Gasteiger partial charge in [-0.1, -0.05) is 42.1 Å². The van der Waals surface area contributed by atoms with Crippen LogP contribution in [0.3, 0.4) is 0 Å². The van der Waals surface area contributed by atoms with E-state index in [1.165, 1.54) is 0 Å². The number of amides is 1. The second kappa shape index (κ2) is 4.18. The minimum absolute atomic E-state index is 0.108. The zero-order chi connectivity index (χ0) is 11.7. The van der Waals surface area contributed by atoms with Crippen LogP contribution in [0.4, 0.5) is 0 Å². The molecule has 3 nitrogen and oxygen atoms in total. The molecule has 4 heteroatoms. The van der Waals surface area contributed by atoms with Crippen LogP contribution in [-0.4, -0.2) is 23.4 Å². The van der Waals surface area contributed by atoms with E-state index in [1.54, 1.807) is 11.8 Å². The van der Waals surface area contributed by atoms with Crippen LogP contribution in [0.2, 0.25) is 0 Å². The SMILES string of the molecule is O=C(NC1=NCCS1)C1(c2ccccc2)CC1. The smallest absolute Gasteiger partial charge is 0.236 e. The fourth-order valence-electron chi connectivity index (χ4n) is 2.16. The largest absolute Gasteiger partial charge is 0.305 e. The minimum atomic E-state index is -0.285. The first-order valence-corrected chi connectivity index (χ1v) is 6.84. The molecular formula is C13H14N2OS. The molecular weight excluding hydrogens is 232 g/mol. The summed E-state index contributed by atoms with van der Waals surface area (Å²) in [4.78, 5) is 16.5. The summed E-state index contributed by atoms with van der Waals surface area (Å²) >= 11 is 1.63. The zero-order valence-electron chi connectivity index (χ0n) is 9.48. The molecule has 0 radical (unpaired) electrons. The maximum atomic E-state index is 12.3. The van der Waals surface area contributed by atoms with Crippen molar-refractivity contribution >= 4 is 22.8 Å². The third kappa shape index (κ3) is 1.97. The Bertz CT molecular complexity index is 466. The molecule has 1 aromatic rings. The van der Waals surface area contributed by atoms with Gasteiger partial charge in [0.05, 0.1) is 12.0 Å². The first-order valence-electron chi connectivity index (χ1n) is 5.85. The maximum absolute atomic E-state index is 12.3. The van der Waals surface area contributed by atoms with Crippen molar-refractivity contribution in [3.63, 3.8) is 0 Å². The second-order valence-electron chi connectivity index (χ2n) is 4.44. The third-order valence-electron chi connectivity index (χ3n) is 3.32. The molecule has 1 aliphatic carbocycles. The summed E-state index contributed by atoms with van der Waals surface area (Å²) in [6.07, 6.45) is 1.89. The Morgan fingerprint density at radius 2 is 2.06 bits per heavy atom. The number of benzene rings is 1. The summed E-state index contributed by atoms with van der Waals surface area (Å²) in [5.41, 5.74) is 0.841. The zero-order valence-corrected chi connectivity index (χ0v) is 10.3. The fraction of sp³-hybridized carbons (Fsp3) is 0.385. The molecule has 0 saturated heterocycles. The van der Waals surface area contributed by atoms with E-state index < -0.39 is 0 Å². The summed E-state index contributed by atoms with van der Waals surface area (Å²) in [6.45, 7) is 0.818. The van der Waals surface area contributed by atoms with Crippen molar-refractivity contribution in [3.05, 3.63) is 35.9 Å². The van der Waals surface area contributed by atoms with Crippen LogP contribution in [0.15, 0.2) is 35.3 Å². The van der Waals surface area contributed by atoms with Crippen LogP contribution in [0.5, 0.6) is 0 Å². The molecule has 17 heavy (non-hydrogen) atoms. The molecule has 1 heterocycles. The number of thioether (sulfide) groups is 1. The number of carbonyl (C=O) groups is 1. The number of nitrogens with zero attached hydrogens (tertiary/aromatic N) is 1. The monoisotopic (exact) mass is 246 g/mol. The standard InChI is InChI=1S/C13H14N2OS/c16-11(15-12-14-8-9-17-12)13(6-7-13)10-4-2-1-3-5-10/h1-5H,6-9H2,(H,14,15,16). The van der Waals surface area contributed by atoms with Crippen LogP contribution >= 0.6 is 11.8 Å². The van der Waals surface area contributed by atoms with E-state index in [0.29, 0.717) is 0 Å². The molecule has 1 saturated carbocycles. The Morgan fingerprint density at radius 3 is 2.65 bits per heavy atom. The average molecular weight is 246 g/mol. The molecule has 1 N–H and O–H groups in total. The highest BCUT2D eigenvalue weighted by Gasteiger charge is 2.51. The Labute approximate surface area is 105 Å². The predicted octanol–water partition coefficient (Wildman–Crippen LogP) is 1.94. The van der Waals surface area contributed by atoms with Crippen LogP contribution in [0.1, 0.15) is 18.4 Å². The van der Waals surface area contributed by atoms with E-state index in [-0.39, 0.29) is 11.3 Å². The first-order chi connectivity index (χ1) is 8.31. The van der Waals surface area contributed by atoms with Crippen molar-refractivity contribution in [2.45, 2.75) is 18.3 Å². The van der Waals surface area contributed by atoms with Gasteiger partial charge < -0.3 is 5.32 Å². The molecule has 1 amide bonds. The summed E-state index contributed by atoms with van der Waals surface area (Å²) < 4.78 is 0. The van der Waals surface area contributed by atoms with Crippen molar-refractivity contribution in [1.29, 1.82) is 0 Å². The molecule has 0 aromatic heterocycles. The molecule has 2 aliphatic rings. The van der Waals surface area contributed by atoms with E-state index in [2.05, 4.69) is 10.3 Å². The summed E-state index contributed by atoms with van der Waals surface area (Å²) in [7, 11) is 0. The van der Waals surface area contributed by atoms with Crippen molar-refractivity contribution < 1.29 is 4.79 Å². The molecule has 88 valence electrons. The molecule has 0 atom stereocenters. The minimum Gasteiger partial charge on any atom is -0.305 e. The van der Waals surface area contributed by atoms with Gasteiger partial charge >= 0.3 is 0 Å². The van der Waals surface area contributed by atoms with Crippen LogP contribution in [-0.2, 0) is 10.2 Å². The Hall–Kier alpha value is -1.29. The van der Waals surface area contributed by atoms with Gasteiger partial charge in [0.25, 0.3) is 0 Å². The lowest BCUT2D eigenvalue weighted by Crippen LogP contribution is -2.37. The van der Waals surface area contributed by atoms with Gasteiger partial charge in [0.15, 0.2) is 5.17 Å². The average Bonchev–Trinajstić information content (AvgIpc) is 3.04. The molecule has 0 spiro atoms. The van der Waals surface area contributed by atoms with E-state index in [0.717, 1.165) is 35.9 Å². The van der Waals surface area contributed by atoms with Gasteiger partial charge in [-0.15, -0.1) is 0 Å². The van der Waals surface area contributed by atoms with Gasteiger partial charge in [-0.3, -0.25) is 9.79 Å². The van der Waals surface area contributed by atoms with E-state index in [1.807, 2.05) is 30.3 Å². The highest BCUT2D eigenvalue weighted by Crippen LogP contribution is 2.48. The Balaban J connectivity index is 1.77. The van der Waals surface area contributed by atoms with Crippen molar-refractivity contribution in [2.24, 2.45) is 4.99 Å². The van der Waals surface area contributed by atoms with E-state index in [4.69, 9.17) is 0 Å². The number of hydrogen-bond donors (Lipinski definition) is 1. The topological polar surface area (TPSA) is 41.5 Å². The van der Waals surface area contributed by atoms with Crippen LogP contribution < -0.4 is 5.32 Å². The number of aliphatic imine (C=N–C) groups is 1. The number of carbonyl (C=O) groups excluding carboxylic acids is 1. The highest BCUT2D eigenvalue weighted by atomic mass is 32.2. The van der Waals surface area contributed by atoms with Gasteiger partial charge in [0.1, 0.15) is 0 Å². The lowest BCUT2D eigenvalue weighted by atomic mass is 9.95. The summed E-state index contributed by atoms with van der Waals surface area (Å²) in [5.74, 6) is 1.09. The van der Waals surface area contributed by atoms with Gasteiger partial charge in [-0.2, -0.15) is 0 Å². The second-order valence-corrected chi connectivity index (χ2v) is 5.52. The van der Waals surface area contributed by atoms with Crippen molar-refractivity contribution in [2.75, 3.05) is 12.3 Å². The normalized spacial score (nSPS) is 20.8. The molecule has 1 aromatic carbocycles. The summed E-state index contributed by atoms with van der Waals surface area (Å²) in [6, 6.07) is 10.0. The van der Waals surface area contributed by atoms with E-state index >= 15 is 0 Å². The first kappa shape index (κ1) is 10.8.